The zero-order valence-corrected chi connectivity index (χ0v) is 21.9. The van der Waals surface area contributed by atoms with Crippen molar-refractivity contribution in [3.63, 3.8) is 0 Å². The Hall–Kier alpha value is -2.95. The monoisotopic (exact) mass is 492 g/mol. The molecule has 0 aliphatic heterocycles. The zero-order chi connectivity index (χ0) is 25.4. The Kier molecular flexibility index (Phi) is 12.2. The summed E-state index contributed by atoms with van der Waals surface area (Å²) in [5, 5.41) is 0. The Labute approximate surface area is 216 Å². The van der Waals surface area contributed by atoms with E-state index in [4.69, 9.17) is 9.47 Å². The van der Waals surface area contributed by atoms with Gasteiger partial charge in [0.2, 0.25) is 0 Å². The molecule has 3 rings (SSSR count). The molecule has 36 heavy (non-hydrogen) atoms. The van der Waals surface area contributed by atoms with Crippen LogP contribution in [-0.2, 0) is 0 Å². The maximum Gasteiger partial charge on any atom is 0.159 e. The van der Waals surface area contributed by atoms with Crippen molar-refractivity contribution in [3.8, 4) is 34.0 Å². The quantitative estimate of drug-likeness (QED) is 0.177. The number of hydrogen-bond acceptors (Lipinski definition) is 4. The molecule has 1 atom stereocenters. The van der Waals surface area contributed by atoms with Crippen LogP contribution < -0.4 is 9.47 Å². The predicted molar refractivity (Wildman–Crippen MR) is 146 cm³/mol. The Bertz CT molecular complexity index is 975. The number of aromatic nitrogens is 2. The lowest BCUT2D eigenvalue weighted by Gasteiger charge is -2.11. The van der Waals surface area contributed by atoms with Crippen LogP contribution in [-0.4, -0.2) is 29.4 Å². The van der Waals surface area contributed by atoms with E-state index >= 15 is 0 Å². The normalized spacial score (nSPS) is 11.9. The van der Waals surface area contributed by atoms with E-state index in [-0.39, 0.29) is 6.61 Å². The zero-order valence-electron chi connectivity index (χ0n) is 21.9. The van der Waals surface area contributed by atoms with Crippen molar-refractivity contribution in [2.75, 3.05) is 13.2 Å². The Morgan fingerprint density at radius 3 is 1.83 bits per heavy atom. The molecule has 1 aromatic heterocycles. The first-order valence-electron chi connectivity index (χ1n) is 13.6. The number of alkyl halides is 1. The Morgan fingerprint density at radius 2 is 1.19 bits per heavy atom. The summed E-state index contributed by atoms with van der Waals surface area (Å²) in [7, 11) is 0. The predicted octanol–water partition coefficient (Wildman–Crippen LogP) is 8.85. The molecule has 0 aliphatic rings. The molecule has 194 valence electrons. The summed E-state index contributed by atoms with van der Waals surface area (Å²) in [6.45, 7) is 5.24. The first kappa shape index (κ1) is 27.6. The number of ether oxygens (including phenoxy) is 2. The Morgan fingerprint density at radius 1 is 0.639 bits per heavy atom. The smallest absolute Gasteiger partial charge is 0.159 e. The minimum Gasteiger partial charge on any atom is -0.494 e. The van der Waals surface area contributed by atoms with Crippen molar-refractivity contribution in [1.29, 1.82) is 0 Å². The third kappa shape index (κ3) is 9.60. The molecule has 1 unspecified atom stereocenters. The fourth-order valence-electron chi connectivity index (χ4n) is 4.03. The molecule has 3 aromatic rings. The lowest BCUT2D eigenvalue weighted by molar-refractivity contribution is 0.184. The van der Waals surface area contributed by atoms with Crippen LogP contribution in [0.2, 0.25) is 0 Å². The summed E-state index contributed by atoms with van der Waals surface area (Å²) < 4.78 is 25.5. The van der Waals surface area contributed by atoms with Gasteiger partial charge in [0, 0.05) is 23.5 Å². The molecule has 0 aliphatic carbocycles. The molecule has 1 heterocycles. The third-order valence-electron chi connectivity index (χ3n) is 6.27. The highest BCUT2D eigenvalue weighted by molar-refractivity contribution is 5.64. The fraction of sp³-hybridized carbons (Fsp3) is 0.484. The second-order valence-corrected chi connectivity index (χ2v) is 9.36. The Balaban J connectivity index is 1.45. The number of hydrogen-bond donors (Lipinski definition) is 0. The number of halogens is 1. The molecule has 4 nitrogen and oxygen atoms in total. The summed E-state index contributed by atoms with van der Waals surface area (Å²) >= 11 is 0. The van der Waals surface area contributed by atoms with Gasteiger partial charge in [-0.05, 0) is 54.8 Å². The van der Waals surface area contributed by atoms with E-state index in [0.717, 1.165) is 54.7 Å². The summed E-state index contributed by atoms with van der Waals surface area (Å²) in [5.74, 6) is 2.20. The molecule has 0 fully saturated rings. The molecule has 5 heteroatoms. The largest absolute Gasteiger partial charge is 0.494 e. The van der Waals surface area contributed by atoms with Gasteiger partial charge in [-0.15, -0.1) is 0 Å². The topological polar surface area (TPSA) is 44.2 Å². The van der Waals surface area contributed by atoms with Crippen LogP contribution in [0.15, 0.2) is 60.9 Å². The molecule has 0 saturated heterocycles. The average molecular weight is 493 g/mol. The molecule has 0 amide bonds. The summed E-state index contributed by atoms with van der Waals surface area (Å²) in [6.07, 6.45) is 13.8. The summed E-state index contributed by atoms with van der Waals surface area (Å²) in [6, 6.07) is 15.6. The van der Waals surface area contributed by atoms with Crippen molar-refractivity contribution in [2.45, 2.75) is 84.2 Å². The molecular weight excluding hydrogens is 451 g/mol. The van der Waals surface area contributed by atoms with Crippen LogP contribution in [0.3, 0.4) is 0 Å². The second-order valence-electron chi connectivity index (χ2n) is 9.36. The number of benzene rings is 2. The van der Waals surface area contributed by atoms with Crippen LogP contribution in [0, 0.1) is 0 Å². The van der Waals surface area contributed by atoms with E-state index in [1.165, 1.54) is 32.1 Å². The minimum absolute atomic E-state index is 0.0967. The third-order valence-corrected chi connectivity index (χ3v) is 6.27. The highest BCUT2D eigenvalue weighted by Gasteiger charge is 2.08. The standard InChI is InChI=1S/C31H41FN2O2/c1-3-5-7-9-11-21-35-29-17-13-25(14-18-29)27-22-33-31(34-23-27)26-15-19-30(20-16-26)36-24-28(32)12-10-8-6-4-2/h13-20,22-23,28H,3-12,21,24H2,1-2H3. The number of unbranched alkanes of at least 4 members (excludes halogenated alkanes) is 7. The molecule has 0 saturated carbocycles. The second kappa shape index (κ2) is 15.9. The van der Waals surface area contributed by atoms with Crippen molar-refractivity contribution in [1.82, 2.24) is 9.97 Å². The summed E-state index contributed by atoms with van der Waals surface area (Å²) in [4.78, 5) is 9.08. The van der Waals surface area contributed by atoms with E-state index in [1.807, 2.05) is 60.9 Å². The van der Waals surface area contributed by atoms with E-state index in [9.17, 15) is 4.39 Å². The van der Waals surface area contributed by atoms with E-state index in [2.05, 4.69) is 23.8 Å². The maximum atomic E-state index is 14.0. The van der Waals surface area contributed by atoms with E-state index in [1.54, 1.807) is 0 Å². The highest BCUT2D eigenvalue weighted by Crippen LogP contribution is 2.24. The lowest BCUT2D eigenvalue weighted by atomic mass is 10.1. The SMILES string of the molecule is CCCCCCCOc1ccc(-c2cnc(-c3ccc(OCC(F)CCCCCC)cc3)nc2)cc1. The van der Waals surface area contributed by atoms with E-state index < -0.39 is 6.17 Å². The van der Waals surface area contributed by atoms with Gasteiger partial charge in [-0.1, -0.05) is 77.3 Å². The van der Waals surface area contributed by atoms with Gasteiger partial charge in [0.05, 0.1) is 6.61 Å². The highest BCUT2D eigenvalue weighted by atomic mass is 19.1. The van der Waals surface area contributed by atoms with Gasteiger partial charge in [-0.2, -0.15) is 0 Å². The minimum atomic E-state index is -0.923. The van der Waals surface area contributed by atoms with Gasteiger partial charge in [0.1, 0.15) is 24.3 Å². The maximum absolute atomic E-state index is 14.0. The molecule has 0 N–H and O–H groups in total. The van der Waals surface area contributed by atoms with Crippen molar-refractivity contribution in [2.24, 2.45) is 0 Å². The van der Waals surface area contributed by atoms with Crippen molar-refractivity contribution < 1.29 is 13.9 Å². The van der Waals surface area contributed by atoms with Crippen LogP contribution in [0.4, 0.5) is 4.39 Å². The average Bonchev–Trinajstić information content (AvgIpc) is 2.93. The van der Waals surface area contributed by atoms with Gasteiger partial charge in [0.25, 0.3) is 0 Å². The number of nitrogens with zero attached hydrogens (tertiary/aromatic N) is 2. The van der Waals surface area contributed by atoms with Gasteiger partial charge in [0.15, 0.2) is 5.82 Å². The molecule has 0 radical (unpaired) electrons. The summed E-state index contributed by atoms with van der Waals surface area (Å²) in [5.41, 5.74) is 2.90. The number of rotatable bonds is 17. The lowest BCUT2D eigenvalue weighted by Crippen LogP contribution is -2.12. The van der Waals surface area contributed by atoms with Gasteiger partial charge < -0.3 is 9.47 Å². The molecule has 0 spiro atoms. The van der Waals surface area contributed by atoms with Crippen LogP contribution in [0.5, 0.6) is 11.5 Å². The van der Waals surface area contributed by atoms with Crippen LogP contribution >= 0.6 is 0 Å². The van der Waals surface area contributed by atoms with Crippen molar-refractivity contribution >= 4 is 0 Å². The molecule has 2 aromatic carbocycles. The van der Waals surface area contributed by atoms with Crippen LogP contribution in [0.25, 0.3) is 22.5 Å². The van der Waals surface area contributed by atoms with Crippen molar-refractivity contribution in [3.05, 3.63) is 60.9 Å². The fourth-order valence-corrected chi connectivity index (χ4v) is 4.03. The van der Waals surface area contributed by atoms with Gasteiger partial charge in [-0.25, -0.2) is 14.4 Å². The molecular formula is C31H41FN2O2. The first-order valence-corrected chi connectivity index (χ1v) is 13.6. The molecule has 0 bridgehead atoms. The first-order chi connectivity index (χ1) is 17.7. The van der Waals surface area contributed by atoms with Gasteiger partial charge in [-0.3, -0.25) is 0 Å². The van der Waals surface area contributed by atoms with Gasteiger partial charge >= 0.3 is 0 Å². The van der Waals surface area contributed by atoms with Crippen LogP contribution in [0.1, 0.15) is 78.1 Å². The van der Waals surface area contributed by atoms with E-state index in [0.29, 0.717) is 18.0 Å².